The number of nitrogens with one attached hydrogen (secondary N) is 1. The minimum atomic E-state index is 0.145. The molecule has 0 aromatic rings. The first-order valence-corrected chi connectivity index (χ1v) is 3.44. The molecule has 2 heteroatoms. The monoisotopic (exact) mass is 144 g/mol. The second kappa shape index (κ2) is 1.95. The van der Waals surface area contributed by atoms with Crippen LogP contribution in [0.25, 0.3) is 0 Å². The number of hydrogen-bond donors (Lipinski definition) is 2. The summed E-state index contributed by atoms with van der Waals surface area (Å²) in [4.78, 5) is 0. The fourth-order valence-corrected chi connectivity index (χ4v) is 1.32. The van der Waals surface area contributed by atoms with E-state index in [4.69, 9.17) is 11.1 Å². The van der Waals surface area contributed by atoms with Gasteiger partial charge in [0, 0.05) is 5.57 Å². The molecule has 0 unspecified atom stereocenters. The topological polar surface area (TPSA) is 49.9 Å². The summed E-state index contributed by atoms with van der Waals surface area (Å²) in [7, 11) is 0. The molecule has 0 aliphatic heterocycles. The predicted octanol–water partition coefficient (Wildman–Crippen LogP) is 1.28. The third-order valence-electron chi connectivity index (χ3n) is 1.86. The molecule has 2 nitrogen and oxygen atoms in total. The maximum absolute atomic E-state index is 7.25. The van der Waals surface area contributed by atoms with Gasteiger partial charge in [-0.1, -0.05) is 30.4 Å². The van der Waals surface area contributed by atoms with Gasteiger partial charge in [-0.2, -0.15) is 0 Å². The van der Waals surface area contributed by atoms with Crippen molar-refractivity contribution in [2.45, 2.75) is 0 Å². The predicted molar refractivity (Wildman–Crippen MR) is 45.3 cm³/mol. The zero-order valence-corrected chi connectivity index (χ0v) is 5.96. The van der Waals surface area contributed by atoms with Crippen molar-refractivity contribution in [3.05, 3.63) is 47.1 Å². The number of nitrogens with two attached hydrogens (primary N) is 1. The van der Waals surface area contributed by atoms with Gasteiger partial charge in [0.1, 0.15) is 5.84 Å². The molecule has 54 valence electrons. The Balaban J connectivity index is 2.41. The normalized spacial score (nSPS) is 19.1. The zero-order valence-electron chi connectivity index (χ0n) is 5.96. The van der Waals surface area contributed by atoms with Gasteiger partial charge in [-0.15, -0.1) is 0 Å². The molecular formula is C9H8N2. The largest absolute Gasteiger partial charge is 0.384 e. The first-order chi connectivity index (χ1) is 5.29. The van der Waals surface area contributed by atoms with Crippen molar-refractivity contribution in [3.63, 3.8) is 0 Å². The van der Waals surface area contributed by atoms with E-state index in [1.807, 2.05) is 30.4 Å². The fraction of sp³-hybridized carbons (Fsp3) is 0. The standard InChI is InChI=1S/C9H8N2/c10-9(11)8-5-4-6-2-1-3-7(6)8/h1-5H,(H3,10,11). The van der Waals surface area contributed by atoms with Gasteiger partial charge in [0.2, 0.25) is 0 Å². The molecule has 0 aromatic carbocycles. The van der Waals surface area contributed by atoms with Gasteiger partial charge in [0.05, 0.1) is 0 Å². The van der Waals surface area contributed by atoms with E-state index in [-0.39, 0.29) is 5.84 Å². The van der Waals surface area contributed by atoms with Crippen molar-refractivity contribution in [1.29, 1.82) is 5.41 Å². The second-order valence-corrected chi connectivity index (χ2v) is 2.56. The van der Waals surface area contributed by atoms with Gasteiger partial charge in [-0.05, 0) is 11.1 Å². The van der Waals surface area contributed by atoms with Gasteiger partial charge in [-0.3, -0.25) is 5.41 Å². The van der Waals surface area contributed by atoms with Crippen LogP contribution in [0, 0.1) is 5.41 Å². The lowest BCUT2D eigenvalue weighted by Crippen LogP contribution is -2.12. The van der Waals surface area contributed by atoms with Crippen LogP contribution in [0.4, 0.5) is 0 Å². The van der Waals surface area contributed by atoms with Crippen LogP contribution in [0.15, 0.2) is 47.1 Å². The molecule has 2 aliphatic carbocycles. The Morgan fingerprint density at radius 3 is 2.82 bits per heavy atom. The minimum Gasteiger partial charge on any atom is -0.384 e. The molecule has 0 radical (unpaired) electrons. The van der Waals surface area contributed by atoms with Crippen LogP contribution < -0.4 is 5.73 Å². The highest BCUT2D eigenvalue weighted by molar-refractivity contribution is 6.02. The molecule has 11 heavy (non-hydrogen) atoms. The van der Waals surface area contributed by atoms with Gasteiger partial charge in [0.15, 0.2) is 0 Å². The van der Waals surface area contributed by atoms with Crippen LogP contribution >= 0.6 is 0 Å². The zero-order chi connectivity index (χ0) is 7.84. The van der Waals surface area contributed by atoms with Crippen molar-refractivity contribution in [2.24, 2.45) is 5.73 Å². The van der Waals surface area contributed by atoms with Crippen LogP contribution in [0.5, 0.6) is 0 Å². The Labute approximate surface area is 64.9 Å². The lowest BCUT2D eigenvalue weighted by atomic mass is 10.1. The molecule has 0 atom stereocenters. The Hall–Kier alpha value is -1.57. The molecule has 0 fully saturated rings. The van der Waals surface area contributed by atoms with Crippen LogP contribution in [0.1, 0.15) is 0 Å². The van der Waals surface area contributed by atoms with E-state index < -0.39 is 0 Å². The third kappa shape index (κ3) is 0.759. The van der Waals surface area contributed by atoms with E-state index in [0.717, 1.165) is 16.7 Å². The quantitative estimate of drug-likeness (QED) is 0.422. The summed E-state index contributed by atoms with van der Waals surface area (Å²) < 4.78 is 0. The van der Waals surface area contributed by atoms with E-state index in [1.54, 1.807) is 0 Å². The van der Waals surface area contributed by atoms with E-state index in [2.05, 4.69) is 0 Å². The van der Waals surface area contributed by atoms with E-state index >= 15 is 0 Å². The van der Waals surface area contributed by atoms with E-state index in [1.165, 1.54) is 0 Å². The molecule has 2 aliphatic rings. The van der Waals surface area contributed by atoms with Crippen molar-refractivity contribution in [1.82, 2.24) is 0 Å². The molecule has 0 bridgehead atoms. The van der Waals surface area contributed by atoms with Crippen molar-refractivity contribution < 1.29 is 0 Å². The fourth-order valence-electron chi connectivity index (χ4n) is 1.32. The van der Waals surface area contributed by atoms with E-state index in [9.17, 15) is 0 Å². The highest BCUT2D eigenvalue weighted by Crippen LogP contribution is 2.30. The summed E-state index contributed by atoms with van der Waals surface area (Å²) in [5.74, 6) is 0.145. The lowest BCUT2D eigenvalue weighted by molar-refractivity contribution is 1.42. The van der Waals surface area contributed by atoms with Crippen LogP contribution in [0.2, 0.25) is 0 Å². The molecule has 0 saturated heterocycles. The average Bonchev–Trinajstić information content (AvgIpc) is 2.41. The Morgan fingerprint density at radius 1 is 1.27 bits per heavy atom. The van der Waals surface area contributed by atoms with Crippen molar-refractivity contribution >= 4 is 5.84 Å². The van der Waals surface area contributed by atoms with Crippen LogP contribution in [-0.2, 0) is 0 Å². The molecule has 3 N–H and O–H groups in total. The van der Waals surface area contributed by atoms with Crippen LogP contribution in [-0.4, -0.2) is 5.84 Å². The number of allylic oxidation sites excluding steroid dienone is 6. The number of amidine groups is 1. The summed E-state index contributed by atoms with van der Waals surface area (Å²) in [6.45, 7) is 0. The molecule has 0 aromatic heterocycles. The van der Waals surface area contributed by atoms with Gasteiger partial charge in [0.25, 0.3) is 0 Å². The number of hydrogen-bond acceptors (Lipinski definition) is 1. The molecule has 0 heterocycles. The summed E-state index contributed by atoms with van der Waals surface area (Å²) in [5, 5.41) is 7.25. The molecule has 2 rings (SSSR count). The van der Waals surface area contributed by atoms with Gasteiger partial charge < -0.3 is 5.73 Å². The third-order valence-corrected chi connectivity index (χ3v) is 1.86. The Kier molecular flexibility index (Phi) is 1.09. The molecular weight excluding hydrogens is 136 g/mol. The van der Waals surface area contributed by atoms with E-state index in [0.29, 0.717) is 0 Å². The first kappa shape index (κ1) is 6.16. The summed E-state index contributed by atoms with van der Waals surface area (Å²) in [6, 6.07) is 0. The first-order valence-electron chi connectivity index (χ1n) is 3.44. The molecule has 0 amide bonds. The highest BCUT2D eigenvalue weighted by atomic mass is 14.7. The Morgan fingerprint density at radius 2 is 2.09 bits per heavy atom. The summed E-state index contributed by atoms with van der Waals surface area (Å²) in [6.07, 6.45) is 9.82. The maximum Gasteiger partial charge on any atom is 0.123 e. The van der Waals surface area contributed by atoms with Crippen molar-refractivity contribution in [2.75, 3.05) is 0 Å². The van der Waals surface area contributed by atoms with Crippen molar-refractivity contribution in [3.8, 4) is 0 Å². The summed E-state index contributed by atoms with van der Waals surface area (Å²) >= 11 is 0. The second-order valence-electron chi connectivity index (χ2n) is 2.56. The Bertz CT molecular complexity index is 341. The highest BCUT2D eigenvalue weighted by Gasteiger charge is 2.17. The smallest absolute Gasteiger partial charge is 0.123 e. The SMILES string of the molecule is N=C(N)C1=CC=C2C=CC=C21. The maximum atomic E-state index is 7.25. The summed E-state index contributed by atoms with van der Waals surface area (Å²) in [5.41, 5.74) is 8.45. The van der Waals surface area contributed by atoms with Crippen LogP contribution in [0.3, 0.4) is 0 Å². The van der Waals surface area contributed by atoms with Gasteiger partial charge >= 0.3 is 0 Å². The lowest BCUT2D eigenvalue weighted by Gasteiger charge is -2.01. The number of rotatable bonds is 1. The molecule has 0 saturated carbocycles. The minimum absolute atomic E-state index is 0.145. The average molecular weight is 144 g/mol. The number of fused-ring (bicyclic) bond motifs is 1. The van der Waals surface area contributed by atoms with Gasteiger partial charge in [-0.25, -0.2) is 0 Å². The molecule has 0 spiro atoms.